The molecule has 1 aromatic rings. The molecule has 0 saturated heterocycles. The molecule has 0 aliphatic carbocycles. The summed E-state index contributed by atoms with van der Waals surface area (Å²) in [6.07, 6.45) is -1.48. The lowest BCUT2D eigenvalue weighted by atomic mass is 10.1. The van der Waals surface area contributed by atoms with Crippen molar-refractivity contribution in [2.75, 3.05) is 6.67 Å². The molecule has 0 aliphatic heterocycles. The van der Waals surface area contributed by atoms with Gasteiger partial charge in [-0.3, -0.25) is 0 Å². The van der Waals surface area contributed by atoms with E-state index in [2.05, 4.69) is 15.9 Å². The van der Waals surface area contributed by atoms with Gasteiger partial charge in [0.1, 0.15) is 6.67 Å². The van der Waals surface area contributed by atoms with Crippen molar-refractivity contribution in [1.29, 1.82) is 0 Å². The molecule has 1 aromatic carbocycles. The molecule has 1 rings (SSSR count). The lowest BCUT2D eigenvalue weighted by Gasteiger charge is -2.02. The number of hydrogen-bond donors (Lipinski definition) is 0. The second-order valence-corrected chi connectivity index (χ2v) is 3.09. The van der Waals surface area contributed by atoms with E-state index in [0.717, 1.165) is 4.47 Å². The summed E-state index contributed by atoms with van der Waals surface area (Å²) in [7, 11) is 0. The summed E-state index contributed by atoms with van der Waals surface area (Å²) in [4.78, 5) is 0. The van der Waals surface area contributed by atoms with Crippen LogP contribution in [0.3, 0.4) is 0 Å². The summed E-state index contributed by atoms with van der Waals surface area (Å²) in [5.41, 5.74) is 0.385. The highest BCUT2D eigenvalue weighted by Gasteiger charge is 2.07. The molecular formula is C8H7BrF2. The van der Waals surface area contributed by atoms with Crippen LogP contribution in [0.4, 0.5) is 8.78 Å². The van der Waals surface area contributed by atoms with Gasteiger partial charge in [0.2, 0.25) is 0 Å². The normalized spacial score (nSPS) is 13.0. The van der Waals surface area contributed by atoms with Crippen LogP contribution in [0.25, 0.3) is 0 Å². The van der Waals surface area contributed by atoms with Crippen molar-refractivity contribution in [3.8, 4) is 0 Å². The minimum atomic E-state index is -1.48. The van der Waals surface area contributed by atoms with Crippen molar-refractivity contribution in [3.63, 3.8) is 0 Å². The van der Waals surface area contributed by atoms with Gasteiger partial charge >= 0.3 is 0 Å². The topological polar surface area (TPSA) is 0 Å². The molecule has 1 atom stereocenters. The zero-order valence-corrected chi connectivity index (χ0v) is 7.31. The molecule has 0 nitrogen and oxygen atoms in total. The van der Waals surface area contributed by atoms with Gasteiger partial charge in [0.25, 0.3) is 0 Å². The molecule has 0 radical (unpaired) electrons. The second kappa shape index (κ2) is 3.81. The monoisotopic (exact) mass is 220 g/mol. The minimum Gasteiger partial charge on any atom is -0.248 e. The predicted molar refractivity (Wildman–Crippen MR) is 44.0 cm³/mol. The van der Waals surface area contributed by atoms with Gasteiger partial charge in [-0.15, -0.1) is 0 Å². The Morgan fingerprint density at radius 1 is 1.27 bits per heavy atom. The molecule has 0 heterocycles. The average Bonchev–Trinajstić information content (AvgIpc) is 2.05. The van der Waals surface area contributed by atoms with Crippen LogP contribution in [0.5, 0.6) is 0 Å². The highest BCUT2D eigenvalue weighted by atomic mass is 79.9. The van der Waals surface area contributed by atoms with Gasteiger partial charge in [0, 0.05) is 4.47 Å². The maximum atomic E-state index is 12.6. The van der Waals surface area contributed by atoms with E-state index in [1.165, 1.54) is 0 Å². The van der Waals surface area contributed by atoms with Crippen LogP contribution in [-0.4, -0.2) is 6.67 Å². The molecular weight excluding hydrogens is 214 g/mol. The van der Waals surface area contributed by atoms with Crippen LogP contribution in [0.2, 0.25) is 0 Å². The second-order valence-electron chi connectivity index (χ2n) is 2.17. The fourth-order valence-corrected chi connectivity index (χ4v) is 1.03. The lowest BCUT2D eigenvalue weighted by Crippen LogP contribution is -1.92. The Hall–Kier alpha value is -0.440. The average molecular weight is 221 g/mol. The third-order valence-electron chi connectivity index (χ3n) is 1.37. The summed E-state index contributed by atoms with van der Waals surface area (Å²) in [5.74, 6) is 0. The van der Waals surface area contributed by atoms with E-state index in [4.69, 9.17) is 0 Å². The zero-order chi connectivity index (χ0) is 8.27. The van der Waals surface area contributed by atoms with E-state index >= 15 is 0 Å². The van der Waals surface area contributed by atoms with E-state index in [9.17, 15) is 8.78 Å². The molecule has 0 spiro atoms. The molecule has 0 aliphatic rings. The number of benzene rings is 1. The number of rotatable bonds is 2. The predicted octanol–water partition coefficient (Wildman–Crippen LogP) is 3.43. The largest absolute Gasteiger partial charge is 0.248 e. The molecule has 11 heavy (non-hydrogen) atoms. The summed E-state index contributed by atoms with van der Waals surface area (Å²) < 4.78 is 25.3. The van der Waals surface area contributed by atoms with Crippen molar-refractivity contribution >= 4 is 15.9 Å². The Morgan fingerprint density at radius 3 is 2.27 bits per heavy atom. The first-order valence-electron chi connectivity index (χ1n) is 3.19. The van der Waals surface area contributed by atoms with Crippen LogP contribution < -0.4 is 0 Å². The van der Waals surface area contributed by atoms with Gasteiger partial charge in [-0.1, -0.05) is 28.1 Å². The first-order chi connectivity index (χ1) is 5.24. The Bertz CT molecular complexity index is 220. The highest BCUT2D eigenvalue weighted by molar-refractivity contribution is 9.10. The third kappa shape index (κ3) is 2.26. The smallest absolute Gasteiger partial charge is 0.153 e. The van der Waals surface area contributed by atoms with Crippen molar-refractivity contribution in [2.24, 2.45) is 0 Å². The van der Waals surface area contributed by atoms with E-state index in [-0.39, 0.29) is 0 Å². The van der Waals surface area contributed by atoms with Gasteiger partial charge in [-0.05, 0) is 17.7 Å². The molecule has 0 saturated carbocycles. The highest BCUT2D eigenvalue weighted by Crippen LogP contribution is 2.19. The van der Waals surface area contributed by atoms with Crippen molar-refractivity contribution in [1.82, 2.24) is 0 Å². The number of alkyl halides is 2. The van der Waals surface area contributed by atoms with Gasteiger partial charge in [0.05, 0.1) is 0 Å². The van der Waals surface area contributed by atoms with Crippen LogP contribution >= 0.6 is 15.9 Å². The zero-order valence-electron chi connectivity index (χ0n) is 5.73. The van der Waals surface area contributed by atoms with Crippen molar-refractivity contribution < 1.29 is 8.78 Å². The Kier molecular flexibility index (Phi) is 3.00. The lowest BCUT2D eigenvalue weighted by molar-refractivity contribution is 0.266. The van der Waals surface area contributed by atoms with Crippen LogP contribution in [0, 0.1) is 0 Å². The van der Waals surface area contributed by atoms with Crippen molar-refractivity contribution in [2.45, 2.75) is 6.17 Å². The molecule has 0 fully saturated rings. The standard InChI is InChI=1S/C8H7BrF2/c9-7-3-1-6(2-4-7)8(11)5-10/h1-4,8H,5H2. The maximum absolute atomic E-state index is 12.6. The van der Waals surface area contributed by atoms with E-state index in [1.54, 1.807) is 24.3 Å². The third-order valence-corrected chi connectivity index (χ3v) is 1.90. The Morgan fingerprint density at radius 2 is 1.82 bits per heavy atom. The summed E-state index contributed by atoms with van der Waals surface area (Å²) in [6, 6.07) is 6.51. The molecule has 60 valence electrons. The summed E-state index contributed by atoms with van der Waals surface area (Å²) in [6.45, 7) is -0.957. The van der Waals surface area contributed by atoms with E-state index in [0.29, 0.717) is 5.56 Å². The maximum Gasteiger partial charge on any atom is 0.153 e. The fraction of sp³-hybridized carbons (Fsp3) is 0.250. The molecule has 3 heteroatoms. The van der Waals surface area contributed by atoms with Gasteiger partial charge in [-0.2, -0.15) is 0 Å². The van der Waals surface area contributed by atoms with Crippen LogP contribution in [-0.2, 0) is 0 Å². The molecule has 0 N–H and O–H groups in total. The van der Waals surface area contributed by atoms with Crippen LogP contribution in [0.15, 0.2) is 28.7 Å². The molecule has 1 unspecified atom stereocenters. The van der Waals surface area contributed by atoms with Gasteiger partial charge < -0.3 is 0 Å². The summed E-state index contributed by atoms with van der Waals surface area (Å²) in [5, 5.41) is 0. The fourth-order valence-electron chi connectivity index (χ4n) is 0.761. The first-order valence-corrected chi connectivity index (χ1v) is 3.99. The first kappa shape index (κ1) is 8.65. The SMILES string of the molecule is FCC(F)c1ccc(Br)cc1. The Balaban J connectivity index is 2.81. The Labute approximate surface area is 72.4 Å². The van der Waals surface area contributed by atoms with Crippen LogP contribution in [0.1, 0.15) is 11.7 Å². The molecule has 0 aromatic heterocycles. The van der Waals surface area contributed by atoms with Gasteiger partial charge in [-0.25, -0.2) is 8.78 Å². The molecule has 0 amide bonds. The number of hydrogen-bond acceptors (Lipinski definition) is 0. The molecule has 0 bridgehead atoms. The van der Waals surface area contributed by atoms with E-state index < -0.39 is 12.8 Å². The van der Waals surface area contributed by atoms with Crippen molar-refractivity contribution in [3.05, 3.63) is 34.3 Å². The quantitative estimate of drug-likeness (QED) is 0.717. The van der Waals surface area contributed by atoms with Gasteiger partial charge in [0.15, 0.2) is 6.17 Å². The minimum absolute atomic E-state index is 0.385. The number of halogens is 3. The van der Waals surface area contributed by atoms with E-state index in [1.807, 2.05) is 0 Å². The summed E-state index contributed by atoms with van der Waals surface area (Å²) >= 11 is 3.20.